The first-order valence-electron chi connectivity index (χ1n) is 8.55. The highest BCUT2D eigenvalue weighted by molar-refractivity contribution is 7.16. The molecule has 0 fully saturated rings. The van der Waals surface area contributed by atoms with Gasteiger partial charge in [-0.1, -0.05) is 30.7 Å². The van der Waals surface area contributed by atoms with Gasteiger partial charge in [0.05, 0.1) is 21.7 Å². The third-order valence-corrected chi connectivity index (χ3v) is 5.16. The van der Waals surface area contributed by atoms with Crippen LogP contribution in [0.5, 0.6) is 5.75 Å². The van der Waals surface area contributed by atoms with Crippen molar-refractivity contribution in [3.8, 4) is 5.75 Å². The summed E-state index contributed by atoms with van der Waals surface area (Å²) in [5, 5.41) is 11.0. The molecule has 0 radical (unpaired) electrons. The van der Waals surface area contributed by atoms with Crippen LogP contribution < -0.4 is 9.54 Å². The third kappa shape index (κ3) is 4.22. The summed E-state index contributed by atoms with van der Waals surface area (Å²) >= 11 is 1.31. The quantitative estimate of drug-likeness (QED) is 0.364. The van der Waals surface area contributed by atoms with Crippen molar-refractivity contribution in [1.82, 2.24) is 4.57 Å². The van der Waals surface area contributed by atoms with Crippen molar-refractivity contribution >= 4 is 33.1 Å². The molecular formula is C19H19N3O4S. The topological polar surface area (TPSA) is 86.7 Å². The molecule has 0 bridgehead atoms. The number of rotatable bonds is 6. The van der Waals surface area contributed by atoms with Gasteiger partial charge in [-0.05, 0) is 30.7 Å². The van der Waals surface area contributed by atoms with E-state index in [1.807, 2.05) is 6.07 Å². The second kappa shape index (κ2) is 8.13. The number of nitro groups is 1. The van der Waals surface area contributed by atoms with Crippen LogP contribution in [-0.2, 0) is 7.05 Å². The molecule has 2 aromatic carbocycles. The number of aromatic nitrogens is 1. The average Bonchev–Trinajstić information content (AvgIpc) is 2.97. The molecule has 0 aliphatic heterocycles. The van der Waals surface area contributed by atoms with Crippen LogP contribution in [0.3, 0.4) is 0 Å². The van der Waals surface area contributed by atoms with Crippen molar-refractivity contribution < 1.29 is 14.5 Å². The molecule has 0 aliphatic carbocycles. The molecule has 1 heterocycles. The Hall–Kier alpha value is -3.00. The number of nitro benzene ring substituents is 1. The monoisotopic (exact) mass is 385 g/mol. The molecule has 7 nitrogen and oxygen atoms in total. The number of hydrogen-bond acceptors (Lipinski definition) is 5. The van der Waals surface area contributed by atoms with Gasteiger partial charge in [-0.15, -0.1) is 0 Å². The molecule has 0 spiro atoms. The molecule has 3 aromatic rings. The van der Waals surface area contributed by atoms with E-state index in [-0.39, 0.29) is 11.6 Å². The zero-order valence-corrected chi connectivity index (χ0v) is 15.9. The summed E-state index contributed by atoms with van der Waals surface area (Å²) < 4.78 is 8.15. The number of hydrogen-bond donors (Lipinski definition) is 0. The lowest BCUT2D eigenvalue weighted by molar-refractivity contribution is -0.384. The molecule has 1 aromatic heterocycles. The lowest BCUT2D eigenvalue weighted by Gasteiger charge is -2.05. The lowest BCUT2D eigenvalue weighted by Crippen LogP contribution is -2.13. The fraction of sp³-hybridized carbons (Fsp3) is 0.263. The number of nitrogens with zero attached hydrogens (tertiary/aromatic N) is 3. The molecule has 3 rings (SSSR count). The summed E-state index contributed by atoms with van der Waals surface area (Å²) in [5.74, 6) is 0.258. The first kappa shape index (κ1) is 18.8. The minimum absolute atomic E-state index is 0.00528. The van der Waals surface area contributed by atoms with Gasteiger partial charge in [0.1, 0.15) is 5.75 Å². The standard InChI is InChI=1S/C19H19N3O4S/c1-3-4-10-26-15-7-5-6-13(11-15)18(23)20-19-21(2)16-12-14(22(24)25)8-9-17(16)27-19/h5-9,11-12H,3-4,10H2,1-2H3. The molecule has 8 heteroatoms. The Morgan fingerprint density at radius 3 is 2.85 bits per heavy atom. The maximum Gasteiger partial charge on any atom is 0.279 e. The van der Waals surface area contributed by atoms with Crippen molar-refractivity contribution in [3.05, 3.63) is 62.9 Å². The number of aryl methyl sites for hydroxylation is 1. The molecule has 0 aliphatic rings. The van der Waals surface area contributed by atoms with Gasteiger partial charge in [0.15, 0.2) is 4.80 Å². The van der Waals surface area contributed by atoms with Crippen molar-refractivity contribution in [2.24, 2.45) is 12.0 Å². The molecule has 0 saturated carbocycles. The Balaban J connectivity index is 1.92. The predicted molar refractivity (Wildman–Crippen MR) is 104 cm³/mol. The zero-order chi connectivity index (χ0) is 19.4. The molecular weight excluding hydrogens is 366 g/mol. The largest absolute Gasteiger partial charge is 0.494 e. The van der Waals surface area contributed by atoms with Crippen LogP contribution in [-0.4, -0.2) is 22.0 Å². The summed E-state index contributed by atoms with van der Waals surface area (Å²) in [4.78, 5) is 27.8. The van der Waals surface area contributed by atoms with E-state index in [1.54, 1.807) is 35.9 Å². The van der Waals surface area contributed by atoms with E-state index < -0.39 is 4.92 Å². The summed E-state index contributed by atoms with van der Waals surface area (Å²) in [6, 6.07) is 11.5. The number of ether oxygens (including phenoxy) is 1. The summed E-state index contributed by atoms with van der Waals surface area (Å²) in [7, 11) is 1.74. The first-order chi connectivity index (χ1) is 13.0. The molecule has 27 heavy (non-hydrogen) atoms. The Kier molecular flexibility index (Phi) is 5.66. The zero-order valence-electron chi connectivity index (χ0n) is 15.0. The SMILES string of the molecule is CCCCOc1cccc(C(=O)N=c2sc3ccc([N+](=O)[O-])cc3n2C)c1. The number of amides is 1. The highest BCUT2D eigenvalue weighted by Crippen LogP contribution is 2.22. The maximum atomic E-state index is 12.6. The predicted octanol–water partition coefficient (Wildman–Crippen LogP) is 4.07. The molecule has 1 amide bonds. The van der Waals surface area contributed by atoms with Crippen LogP contribution in [0.15, 0.2) is 47.5 Å². The van der Waals surface area contributed by atoms with Crippen LogP contribution in [0.2, 0.25) is 0 Å². The van der Waals surface area contributed by atoms with Crippen molar-refractivity contribution in [2.45, 2.75) is 19.8 Å². The Morgan fingerprint density at radius 2 is 2.11 bits per heavy atom. The van der Waals surface area contributed by atoms with Crippen molar-refractivity contribution in [1.29, 1.82) is 0 Å². The molecule has 140 valence electrons. The Bertz CT molecular complexity index is 1070. The lowest BCUT2D eigenvalue weighted by atomic mass is 10.2. The average molecular weight is 385 g/mol. The van der Waals surface area contributed by atoms with Crippen LogP contribution >= 0.6 is 11.3 Å². The summed E-state index contributed by atoms with van der Waals surface area (Å²) in [6.07, 6.45) is 1.99. The van der Waals surface area contributed by atoms with Gasteiger partial charge in [0.25, 0.3) is 11.6 Å². The minimum Gasteiger partial charge on any atom is -0.494 e. The van der Waals surface area contributed by atoms with Gasteiger partial charge < -0.3 is 9.30 Å². The minimum atomic E-state index is -0.441. The highest BCUT2D eigenvalue weighted by Gasteiger charge is 2.12. The number of fused-ring (bicyclic) bond motifs is 1. The number of benzene rings is 2. The van der Waals surface area contributed by atoms with Crippen LogP contribution in [0.25, 0.3) is 10.2 Å². The summed E-state index contributed by atoms with van der Waals surface area (Å²) in [5.41, 5.74) is 1.11. The number of non-ortho nitro benzene ring substituents is 1. The van der Waals surface area contributed by atoms with Gasteiger partial charge in [-0.3, -0.25) is 14.9 Å². The highest BCUT2D eigenvalue weighted by atomic mass is 32.1. The van der Waals surface area contributed by atoms with E-state index in [0.717, 1.165) is 17.5 Å². The normalized spacial score (nSPS) is 11.7. The van der Waals surface area contributed by atoms with Gasteiger partial charge >= 0.3 is 0 Å². The molecule has 0 atom stereocenters. The van der Waals surface area contributed by atoms with Crippen LogP contribution in [0, 0.1) is 10.1 Å². The second-order valence-corrected chi connectivity index (χ2v) is 7.01. The number of carbonyl (C=O) groups excluding carboxylic acids is 1. The first-order valence-corrected chi connectivity index (χ1v) is 9.37. The van der Waals surface area contributed by atoms with Gasteiger partial charge in [-0.2, -0.15) is 4.99 Å². The smallest absolute Gasteiger partial charge is 0.279 e. The van der Waals surface area contributed by atoms with E-state index in [2.05, 4.69) is 11.9 Å². The third-order valence-electron chi connectivity index (χ3n) is 4.05. The van der Waals surface area contributed by atoms with Crippen molar-refractivity contribution in [3.63, 3.8) is 0 Å². The van der Waals surface area contributed by atoms with E-state index in [0.29, 0.717) is 28.2 Å². The van der Waals surface area contributed by atoms with Gasteiger partial charge in [-0.25, -0.2) is 0 Å². The number of thiazole rings is 1. The maximum absolute atomic E-state index is 12.6. The van der Waals surface area contributed by atoms with E-state index in [4.69, 9.17) is 4.74 Å². The van der Waals surface area contributed by atoms with Crippen molar-refractivity contribution in [2.75, 3.05) is 6.61 Å². The molecule has 0 saturated heterocycles. The molecule has 0 N–H and O–H groups in total. The molecule has 0 unspecified atom stereocenters. The van der Waals surface area contributed by atoms with Crippen LogP contribution in [0.4, 0.5) is 5.69 Å². The fourth-order valence-corrected chi connectivity index (χ4v) is 3.54. The Labute approximate surface area is 159 Å². The van der Waals surface area contributed by atoms with E-state index in [9.17, 15) is 14.9 Å². The number of carbonyl (C=O) groups is 1. The van der Waals surface area contributed by atoms with E-state index in [1.165, 1.54) is 23.5 Å². The fourth-order valence-electron chi connectivity index (χ4n) is 2.54. The van der Waals surface area contributed by atoms with Gasteiger partial charge in [0, 0.05) is 24.7 Å². The van der Waals surface area contributed by atoms with Gasteiger partial charge in [0.2, 0.25) is 0 Å². The number of unbranched alkanes of at least 4 members (excludes halogenated alkanes) is 1. The van der Waals surface area contributed by atoms with Crippen LogP contribution in [0.1, 0.15) is 30.1 Å². The second-order valence-electron chi connectivity index (χ2n) is 6.00. The van der Waals surface area contributed by atoms with E-state index >= 15 is 0 Å². The summed E-state index contributed by atoms with van der Waals surface area (Å²) in [6.45, 7) is 2.69. The Morgan fingerprint density at radius 1 is 1.30 bits per heavy atom.